The van der Waals surface area contributed by atoms with E-state index >= 15 is 0 Å². The second kappa shape index (κ2) is 6.93. The van der Waals surface area contributed by atoms with Gasteiger partial charge < -0.3 is 0 Å². The molecule has 0 saturated carbocycles. The number of benzene rings is 1. The molecule has 0 amide bonds. The second-order valence-corrected chi connectivity index (χ2v) is 7.15. The lowest BCUT2D eigenvalue weighted by Gasteiger charge is -2.17. The van der Waals surface area contributed by atoms with Crippen LogP contribution in [0.15, 0.2) is 36.7 Å². The summed E-state index contributed by atoms with van der Waals surface area (Å²) in [4.78, 5) is 8.11. The van der Waals surface area contributed by atoms with E-state index in [1.807, 2.05) is 0 Å². The summed E-state index contributed by atoms with van der Waals surface area (Å²) in [5, 5.41) is 0. The van der Waals surface area contributed by atoms with Gasteiger partial charge >= 0.3 is 0 Å². The standard InChI is InChI=1S/C15H18FN3O2S/c1-12-4-5-13(10-14(12)16)11-22(20,21)19(2)9-6-15-17-7-3-8-18-15/h3-5,7-8,10H,6,9,11H2,1-2H3. The first-order chi connectivity index (χ1) is 10.4. The Morgan fingerprint density at radius 1 is 1.23 bits per heavy atom. The van der Waals surface area contributed by atoms with Gasteiger partial charge in [0.25, 0.3) is 0 Å². The van der Waals surface area contributed by atoms with Crippen LogP contribution < -0.4 is 0 Å². The number of sulfonamides is 1. The van der Waals surface area contributed by atoms with E-state index in [0.29, 0.717) is 23.4 Å². The number of halogens is 1. The molecule has 0 aliphatic carbocycles. The largest absolute Gasteiger partial charge is 0.241 e. The van der Waals surface area contributed by atoms with Crippen LogP contribution in [0.4, 0.5) is 4.39 Å². The summed E-state index contributed by atoms with van der Waals surface area (Å²) < 4.78 is 39.3. The molecule has 0 bridgehead atoms. The number of likely N-dealkylation sites (N-methyl/N-ethyl adjacent to an activating group) is 1. The fourth-order valence-corrected chi connectivity index (χ4v) is 3.09. The number of hydrogen-bond acceptors (Lipinski definition) is 4. The third kappa shape index (κ3) is 4.32. The molecule has 0 fully saturated rings. The smallest absolute Gasteiger partial charge is 0.218 e. The lowest BCUT2D eigenvalue weighted by atomic mass is 10.2. The first-order valence-corrected chi connectivity index (χ1v) is 8.44. The van der Waals surface area contributed by atoms with Crippen molar-refractivity contribution in [2.24, 2.45) is 0 Å². The Morgan fingerprint density at radius 2 is 1.91 bits per heavy atom. The lowest BCUT2D eigenvalue weighted by Crippen LogP contribution is -2.30. The van der Waals surface area contributed by atoms with Gasteiger partial charge in [0.15, 0.2) is 0 Å². The molecule has 0 spiro atoms. The molecule has 2 rings (SSSR count). The molecule has 0 aliphatic rings. The summed E-state index contributed by atoms with van der Waals surface area (Å²) >= 11 is 0. The zero-order chi connectivity index (χ0) is 16.2. The van der Waals surface area contributed by atoms with E-state index in [-0.39, 0.29) is 12.3 Å². The van der Waals surface area contributed by atoms with E-state index in [1.54, 1.807) is 37.5 Å². The van der Waals surface area contributed by atoms with Crippen molar-refractivity contribution in [3.05, 3.63) is 59.4 Å². The number of aryl methyl sites for hydroxylation is 1. The third-order valence-electron chi connectivity index (χ3n) is 3.33. The van der Waals surface area contributed by atoms with Crippen molar-refractivity contribution >= 4 is 10.0 Å². The van der Waals surface area contributed by atoms with Gasteiger partial charge in [-0.25, -0.2) is 27.1 Å². The summed E-state index contributed by atoms with van der Waals surface area (Å²) in [6, 6.07) is 6.18. The molecule has 1 heterocycles. The predicted octanol–water partition coefficient (Wildman–Crippen LogP) is 1.93. The maximum atomic E-state index is 13.5. The van der Waals surface area contributed by atoms with Crippen LogP contribution in [0.5, 0.6) is 0 Å². The van der Waals surface area contributed by atoms with Gasteiger partial charge in [0.05, 0.1) is 5.75 Å². The van der Waals surface area contributed by atoms with Crippen molar-refractivity contribution in [3.63, 3.8) is 0 Å². The number of nitrogens with zero attached hydrogens (tertiary/aromatic N) is 3. The van der Waals surface area contributed by atoms with Crippen molar-refractivity contribution in [3.8, 4) is 0 Å². The highest BCUT2D eigenvalue weighted by atomic mass is 32.2. The predicted molar refractivity (Wildman–Crippen MR) is 82.1 cm³/mol. The van der Waals surface area contributed by atoms with Crippen molar-refractivity contribution < 1.29 is 12.8 Å². The minimum absolute atomic E-state index is 0.226. The molecule has 118 valence electrons. The van der Waals surface area contributed by atoms with Gasteiger partial charge in [-0.1, -0.05) is 12.1 Å². The zero-order valence-corrected chi connectivity index (χ0v) is 13.3. The highest BCUT2D eigenvalue weighted by molar-refractivity contribution is 7.88. The molecule has 7 heteroatoms. The number of aromatic nitrogens is 2. The molecule has 0 saturated heterocycles. The Hall–Kier alpha value is -1.86. The molecule has 1 aromatic heterocycles. The molecule has 0 atom stereocenters. The van der Waals surface area contributed by atoms with E-state index < -0.39 is 15.8 Å². The van der Waals surface area contributed by atoms with Crippen LogP contribution >= 0.6 is 0 Å². The van der Waals surface area contributed by atoms with E-state index in [1.165, 1.54) is 17.4 Å². The van der Waals surface area contributed by atoms with Crippen molar-refractivity contribution in [1.82, 2.24) is 14.3 Å². The quantitative estimate of drug-likeness (QED) is 0.815. The Morgan fingerprint density at radius 3 is 2.55 bits per heavy atom. The number of rotatable bonds is 6. The van der Waals surface area contributed by atoms with Gasteiger partial charge in [0.1, 0.15) is 11.6 Å². The van der Waals surface area contributed by atoms with Crippen LogP contribution in [0.3, 0.4) is 0 Å². The zero-order valence-electron chi connectivity index (χ0n) is 12.5. The Balaban J connectivity index is 2.01. The van der Waals surface area contributed by atoms with Crippen molar-refractivity contribution in [1.29, 1.82) is 0 Å². The Kier molecular flexibility index (Phi) is 5.20. The average Bonchev–Trinajstić information content (AvgIpc) is 2.49. The average molecular weight is 323 g/mol. The number of hydrogen-bond donors (Lipinski definition) is 0. The highest BCUT2D eigenvalue weighted by Crippen LogP contribution is 2.14. The van der Waals surface area contributed by atoms with Crippen molar-refractivity contribution in [2.75, 3.05) is 13.6 Å². The monoisotopic (exact) mass is 323 g/mol. The maximum Gasteiger partial charge on any atom is 0.218 e. The molecule has 5 nitrogen and oxygen atoms in total. The van der Waals surface area contributed by atoms with Crippen LogP contribution in [0, 0.1) is 12.7 Å². The van der Waals surface area contributed by atoms with Gasteiger partial charge in [-0.2, -0.15) is 0 Å². The maximum absolute atomic E-state index is 13.5. The molecule has 0 unspecified atom stereocenters. The van der Waals surface area contributed by atoms with E-state index in [0.717, 1.165) is 0 Å². The molecule has 0 aliphatic heterocycles. The molecule has 0 N–H and O–H groups in total. The SMILES string of the molecule is Cc1ccc(CS(=O)(=O)N(C)CCc2ncccn2)cc1F. The van der Waals surface area contributed by atoms with Gasteiger partial charge in [-0.15, -0.1) is 0 Å². The second-order valence-electron chi connectivity index (χ2n) is 5.08. The van der Waals surface area contributed by atoms with Crippen LogP contribution in [-0.4, -0.2) is 36.3 Å². The summed E-state index contributed by atoms with van der Waals surface area (Å²) in [5.74, 6) is -0.0324. The fraction of sp³-hybridized carbons (Fsp3) is 0.333. The normalized spacial score (nSPS) is 11.8. The van der Waals surface area contributed by atoms with Gasteiger partial charge in [0.2, 0.25) is 10.0 Å². The van der Waals surface area contributed by atoms with E-state index in [9.17, 15) is 12.8 Å². The van der Waals surface area contributed by atoms with Crippen LogP contribution in [-0.2, 0) is 22.2 Å². The molecule has 1 aromatic carbocycles. The van der Waals surface area contributed by atoms with Crippen LogP contribution in [0.25, 0.3) is 0 Å². The topological polar surface area (TPSA) is 63.2 Å². The van der Waals surface area contributed by atoms with Crippen molar-refractivity contribution in [2.45, 2.75) is 19.1 Å². The Labute approximate surface area is 129 Å². The van der Waals surface area contributed by atoms with Gasteiger partial charge in [-0.3, -0.25) is 0 Å². The van der Waals surface area contributed by atoms with Crippen LogP contribution in [0.1, 0.15) is 17.0 Å². The van der Waals surface area contributed by atoms with E-state index in [4.69, 9.17) is 0 Å². The van der Waals surface area contributed by atoms with E-state index in [2.05, 4.69) is 9.97 Å². The summed E-state index contributed by atoms with van der Waals surface area (Å²) in [7, 11) is -2.00. The minimum Gasteiger partial charge on any atom is -0.241 e. The van der Waals surface area contributed by atoms with Gasteiger partial charge in [0, 0.05) is 32.4 Å². The molecular formula is C15H18FN3O2S. The summed E-state index contributed by atoms with van der Waals surface area (Å²) in [6.07, 6.45) is 3.66. The summed E-state index contributed by atoms with van der Waals surface area (Å²) in [5.41, 5.74) is 0.932. The Bertz CT molecular complexity index is 736. The minimum atomic E-state index is -3.50. The van der Waals surface area contributed by atoms with Gasteiger partial charge in [-0.05, 0) is 30.2 Å². The fourth-order valence-electron chi connectivity index (χ4n) is 1.90. The van der Waals surface area contributed by atoms with Crippen LogP contribution in [0.2, 0.25) is 0 Å². The first-order valence-electron chi connectivity index (χ1n) is 6.83. The summed E-state index contributed by atoms with van der Waals surface area (Å²) in [6.45, 7) is 1.92. The lowest BCUT2D eigenvalue weighted by molar-refractivity contribution is 0.468. The molecular weight excluding hydrogens is 305 g/mol. The first kappa shape index (κ1) is 16.5. The molecule has 0 radical (unpaired) electrons. The molecule has 22 heavy (non-hydrogen) atoms. The molecule has 2 aromatic rings. The highest BCUT2D eigenvalue weighted by Gasteiger charge is 2.19. The third-order valence-corrected chi connectivity index (χ3v) is 5.16.